The van der Waals surface area contributed by atoms with Gasteiger partial charge in [-0.15, -0.1) is 0 Å². The highest BCUT2D eigenvalue weighted by Gasteiger charge is 2.29. The van der Waals surface area contributed by atoms with E-state index in [2.05, 4.69) is 5.32 Å². The zero-order valence-electron chi connectivity index (χ0n) is 23.3. The average Bonchev–Trinajstić information content (AvgIpc) is 3.39. The molecule has 0 radical (unpaired) electrons. The number of halogens is 1. The van der Waals surface area contributed by atoms with Crippen molar-refractivity contribution < 1.29 is 23.9 Å². The molecule has 0 aliphatic heterocycles. The average molecular weight is 562 g/mol. The Kier molecular flexibility index (Phi) is 8.72. The number of carbonyl (C=O) groups is 3. The fourth-order valence-corrected chi connectivity index (χ4v) is 5.50. The maximum atomic E-state index is 14.1. The van der Waals surface area contributed by atoms with Gasteiger partial charge in [-0.25, -0.2) is 9.18 Å². The number of aryl methyl sites for hydroxylation is 1. The molecule has 0 aromatic heterocycles. The van der Waals surface area contributed by atoms with Crippen LogP contribution in [0.25, 0.3) is 16.7 Å². The van der Waals surface area contributed by atoms with E-state index in [1.165, 1.54) is 12.1 Å². The van der Waals surface area contributed by atoms with E-state index in [-0.39, 0.29) is 30.6 Å². The zero-order valence-corrected chi connectivity index (χ0v) is 23.3. The largest absolute Gasteiger partial charge is 0.480 e. The first kappa shape index (κ1) is 28.7. The summed E-state index contributed by atoms with van der Waals surface area (Å²) in [4.78, 5) is 39.2. The third-order valence-corrected chi connectivity index (χ3v) is 7.68. The Morgan fingerprint density at radius 1 is 0.857 bits per heavy atom. The van der Waals surface area contributed by atoms with Crippen LogP contribution in [0.3, 0.4) is 0 Å². The minimum atomic E-state index is -1.16. The second-order valence-electron chi connectivity index (χ2n) is 10.8. The molecule has 0 heterocycles. The number of carboxylic acid groups (broad SMARTS) is 1. The number of carboxylic acids is 1. The zero-order chi connectivity index (χ0) is 29.6. The first-order valence-corrected chi connectivity index (χ1v) is 14.0. The maximum Gasteiger partial charge on any atom is 0.326 e. The molecule has 0 unspecified atom stereocenters. The van der Waals surface area contributed by atoms with Crippen molar-refractivity contribution >= 4 is 23.2 Å². The molecular weight excluding hydrogens is 529 g/mol. The highest BCUT2D eigenvalue weighted by Crippen LogP contribution is 2.31. The number of hydrogen-bond acceptors (Lipinski definition) is 3. The second-order valence-corrected chi connectivity index (χ2v) is 10.8. The topological polar surface area (TPSA) is 83.5 Å². The first-order chi connectivity index (χ1) is 20.3. The van der Waals surface area contributed by atoms with E-state index < -0.39 is 29.7 Å². The molecular formula is C36H32FNO4. The van der Waals surface area contributed by atoms with Crippen molar-refractivity contribution in [3.05, 3.63) is 137 Å². The van der Waals surface area contributed by atoms with Gasteiger partial charge in [-0.3, -0.25) is 9.59 Å². The summed E-state index contributed by atoms with van der Waals surface area (Å²) in [5.74, 6) is -3.42. The second kappa shape index (κ2) is 12.8. The summed E-state index contributed by atoms with van der Waals surface area (Å²) in [6, 6.07) is 28.4. The number of fused-ring (bicyclic) bond motifs is 1. The number of Topliss-reactive ketones (excluding diaryl/α,β-unsaturated/α-hetero) is 1. The fraction of sp³-hybridized carbons (Fsp3) is 0.194. The highest BCUT2D eigenvalue weighted by molar-refractivity contribution is 5.99. The number of hydrogen-bond donors (Lipinski definition) is 2. The quantitative estimate of drug-likeness (QED) is 0.197. The minimum Gasteiger partial charge on any atom is -0.480 e. The number of aliphatic carboxylic acids is 1. The van der Waals surface area contributed by atoms with E-state index in [9.17, 15) is 23.9 Å². The van der Waals surface area contributed by atoms with Crippen LogP contribution in [-0.4, -0.2) is 28.8 Å². The Balaban J connectivity index is 1.36. The van der Waals surface area contributed by atoms with Crippen LogP contribution in [0.4, 0.5) is 4.39 Å². The van der Waals surface area contributed by atoms with Crippen molar-refractivity contribution in [1.29, 1.82) is 0 Å². The Bertz CT molecular complexity index is 1620. The maximum absolute atomic E-state index is 14.1. The van der Waals surface area contributed by atoms with Crippen LogP contribution < -0.4 is 5.32 Å². The van der Waals surface area contributed by atoms with Gasteiger partial charge in [-0.05, 0) is 76.9 Å². The molecule has 1 aliphatic carbocycles. The molecule has 4 aromatic carbocycles. The van der Waals surface area contributed by atoms with Crippen LogP contribution in [0.15, 0.2) is 103 Å². The van der Waals surface area contributed by atoms with Gasteiger partial charge < -0.3 is 10.4 Å². The molecule has 1 amide bonds. The summed E-state index contributed by atoms with van der Waals surface area (Å²) in [6.07, 6.45) is 2.88. The predicted octanol–water partition coefficient (Wildman–Crippen LogP) is 6.83. The Morgan fingerprint density at radius 3 is 2.26 bits per heavy atom. The van der Waals surface area contributed by atoms with Gasteiger partial charge in [0.05, 0.1) is 0 Å². The lowest BCUT2D eigenvalue weighted by molar-refractivity contribution is -0.142. The van der Waals surface area contributed by atoms with E-state index in [0.29, 0.717) is 5.56 Å². The Labute approximate surface area is 244 Å². The third-order valence-electron chi connectivity index (χ3n) is 7.68. The van der Waals surface area contributed by atoms with E-state index in [1.54, 1.807) is 13.0 Å². The summed E-state index contributed by atoms with van der Waals surface area (Å²) < 4.78 is 14.1. The van der Waals surface area contributed by atoms with E-state index in [0.717, 1.165) is 39.8 Å². The molecule has 6 heteroatoms. The summed E-state index contributed by atoms with van der Waals surface area (Å²) in [7, 11) is 0. The number of allylic oxidation sites excluding steroid dienone is 1. The molecule has 2 N–H and O–H groups in total. The van der Waals surface area contributed by atoms with Gasteiger partial charge in [0.2, 0.25) is 5.91 Å². The lowest BCUT2D eigenvalue weighted by atomic mass is 9.89. The Hall–Kier alpha value is -4.84. The van der Waals surface area contributed by atoms with Crippen LogP contribution in [0.2, 0.25) is 0 Å². The standard InChI is InChI=1S/C36H32FNO4/c1-23-17-29(20-31(37)18-23)34(39)22-30(19-24-11-13-26(14-12-24)25-7-3-2-4-8-25)35(40)38-33(36(41)42)21-28-16-15-27-9-5-6-10-32(27)28/h2-14,16-18,20,30,33H,15,19,21-22H2,1H3,(H,38,40)(H,41,42)/t30-,33-/m0/s1. The van der Waals surface area contributed by atoms with Crippen molar-refractivity contribution in [3.63, 3.8) is 0 Å². The van der Waals surface area contributed by atoms with Crippen molar-refractivity contribution in [2.24, 2.45) is 5.92 Å². The molecule has 1 aliphatic rings. The van der Waals surface area contributed by atoms with Gasteiger partial charge in [-0.2, -0.15) is 0 Å². The summed E-state index contributed by atoms with van der Waals surface area (Å²) in [5.41, 5.74) is 6.68. The van der Waals surface area contributed by atoms with Gasteiger partial charge in [0, 0.05) is 24.3 Å². The number of benzene rings is 4. The van der Waals surface area contributed by atoms with Crippen LogP contribution in [0.5, 0.6) is 0 Å². The van der Waals surface area contributed by atoms with E-state index >= 15 is 0 Å². The smallest absolute Gasteiger partial charge is 0.326 e. The molecule has 5 nitrogen and oxygen atoms in total. The van der Waals surface area contributed by atoms with Gasteiger partial charge in [-0.1, -0.05) is 84.9 Å². The molecule has 4 aromatic rings. The van der Waals surface area contributed by atoms with Gasteiger partial charge in [0.25, 0.3) is 0 Å². The fourth-order valence-electron chi connectivity index (χ4n) is 5.50. The minimum absolute atomic E-state index is 0.133. The lowest BCUT2D eigenvalue weighted by Gasteiger charge is -2.21. The third kappa shape index (κ3) is 6.89. The van der Waals surface area contributed by atoms with Crippen molar-refractivity contribution in [2.75, 3.05) is 0 Å². The number of ketones is 1. The molecule has 2 atom stereocenters. The monoisotopic (exact) mass is 561 g/mol. The molecule has 0 saturated heterocycles. The van der Waals surface area contributed by atoms with Crippen molar-refractivity contribution in [3.8, 4) is 11.1 Å². The normalized spacial score (nSPS) is 13.5. The van der Waals surface area contributed by atoms with Crippen molar-refractivity contribution in [2.45, 2.75) is 38.6 Å². The Morgan fingerprint density at radius 2 is 1.55 bits per heavy atom. The molecule has 0 bridgehead atoms. The SMILES string of the molecule is Cc1cc(F)cc(C(=O)C[C@H](Cc2ccc(-c3ccccc3)cc2)C(=O)N[C@@H](CC2=CCc3ccccc32)C(=O)O)c1. The number of amides is 1. The van der Waals surface area contributed by atoms with Crippen LogP contribution in [0.1, 0.15) is 45.5 Å². The van der Waals surface area contributed by atoms with Crippen molar-refractivity contribution in [1.82, 2.24) is 5.32 Å². The molecule has 0 saturated carbocycles. The number of rotatable bonds is 11. The number of nitrogens with one attached hydrogen (secondary N) is 1. The summed E-state index contributed by atoms with van der Waals surface area (Å²) in [6.45, 7) is 1.70. The predicted molar refractivity (Wildman–Crippen MR) is 161 cm³/mol. The summed E-state index contributed by atoms with van der Waals surface area (Å²) >= 11 is 0. The first-order valence-electron chi connectivity index (χ1n) is 14.0. The molecule has 42 heavy (non-hydrogen) atoms. The van der Waals surface area contributed by atoms with Gasteiger partial charge >= 0.3 is 5.97 Å². The van der Waals surface area contributed by atoms with E-state index in [1.807, 2.05) is 84.9 Å². The molecule has 212 valence electrons. The van der Waals surface area contributed by atoms with Gasteiger partial charge in [0.15, 0.2) is 5.78 Å². The van der Waals surface area contributed by atoms with E-state index in [4.69, 9.17) is 0 Å². The summed E-state index contributed by atoms with van der Waals surface area (Å²) in [5, 5.41) is 12.7. The van der Waals surface area contributed by atoms with Crippen LogP contribution in [-0.2, 0) is 22.4 Å². The highest BCUT2D eigenvalue weighted by atomic mass is 19.1. The van der Waals surface area contributed by atoms with Crippen LogP contribution in [0, 0.1) is 18.7 Å². The number of carbonyl (C=O) groups excluding carboxylic acids is 2. The molecule has 0 fully saturated rings. The van der Waals surface area contributed by atoms with Gasteiger partial charge in [0.1, 0.15) is 11.9 Å². The van der Waals surface area contributed by atoms with Crippen LogP contribution >= 0.6 is 0 Å². The lowest BCUT2D eigenvalue weighted by Crippen LogP contribution is -2.44. The molecule has 0 spiro atoms. The molecule has 5 rings (SSSR count).